The average molecular weight is 267 g/mol. The first-order valence-electron chi connectivity index (χ1n) is 5.81. The second kappa shape index (κ2) is 3.47. The van der Waals surface area contributed by atoms with Crippen LogP contribution in [0, 0.1) is 5.41 Å². The van der Waals surface area contributed by atoms with E-state index in [4.69, 9.17) is 0 Å². The topological polar surface area (TPSA) is 83.5 Å². The Balaban J connectivity index is 2.21. The lowest BCUT2D eigenvalue weighted by Crippen LogP contribution is -2.45. The van der Waals surface area contributed by atoms with E-state index in [0.29, 0.717) is 12.8 Å². The van der Waals surface area contributed by atoms with Crippen LogP contribution >= 0.6 is 0 Å². The van der Waals surface area contributed by atoms with Crippen LogP contribution in [0.1, 0.15) is 19.3 Å². The molecule has 3 rings (SSSR count). The highest BCUT2D eigenvalue weighted by Crippen LogP contribution is 2.47. The zero-order chi connectivity index (χ0) is 13.0. The molecule has 1 aliphatic carbocycles. The molecule has 6 heteroatoms. The van der Waals surface area contributed by atoms with E-state index in [9.17, 15) is 18.3 Å². The zero-order valence-electron chi connectivity index (χ0n) is 9.64. The maximum atomic E-state index is 12.3. The number of anilines is 1. The minimum Gasteiger partial charge on any atom is -0.507 e. The van der Waals surface area contributed by atoms with Gasteiger partial charge in [-0.2, -0.15) is 0 Å². The second-order valence-electron chi connectivity index (χ2n) is 5.00. The first kappa shape index (κ1) is 11.5. The molecule has 0 atom stereocenters. The largest absolute Gasteiger partial charge is 0.507 e. The van der Waals surface area contributed by atoms with E-state index in [1.165, 1.54) is 18.2 Å². The molecule has 1 aromatic rings. The number of carbonyl (C=O) groups is 1. The highest BCUT2D eigenvalue weighted by Gasteiger charge is 2.50. The van der Waals surface area contributed by atoms with Gasteiger partial charge in [0.2, 0.25) is 5.91 Å². The minimum atomic E-state index is -3.64. The Morgan fingerprint density at radius 3 is 2.61 bits per heavy atom. The van der Waals surface area contributed by atoms with Crippen molar-refractivity contribution in [3.05, 3.63) is 18.2 Å². The predicted octanol–water partition coefficient (Wildman–Crippen LogP) is 1.29. The molecule has 0 saturated heterocycles. The van der Waals surface area contributed by atoms with Crippen molar-refractivity contribution in [1.29, 1.82) is 0 Å². The first-order valence-corrected chi connectivity index (χ1v) is 7.46. The van der Waals surface area contributed by atoms with Crippen LogP contribution in [0.5, 0.6) is 5.75 Å². The van der Waals surface area contributed by atoms with Crippen LogP contribution in [0.4, 0.5) is 5.69 Å². The van der Waals surface area contributed by atoms with E-state index >= 15 is 0 Å². The third-order valence-electron chi connectivity index (χ3n) is 3.81. The summed E-state index contributed by atoms with van der Waals surface area (Å²) >= 11 is 0. The molecule has 0 radical (unpaired) electrons. The van der Waals surface area contributed by atoms with Gasteiger partial charge in [0.15, 0.2) is 9.84 Å². The molecular formula is C12H13NO4S. The number of rotatable bonds is 0. The molecule has 0 bridgehead atoms. The Kier molecular flexibility index (Phi) is 2.22. The summed E-state index contributed by atoms with van der Waals surface area (Å²) in [7, 11) is -3.64. The molecule has 18 heavy (non-hydrogen) atoms. The number of aromatic hydroxyl groups is 1. The van der Waals surface area contributed by atoms with E-state index in [0.717, 1.165) is 6.42 Å². The van der Waals surface area contributed by atoms with Crippen LogP contribution in [0.15, 0.2) is 23.1 Å². The van der Waals surface area contributed by atoms with Gasteiger partial charge >= 0.3 is 0 Å². The van der Waals surface area contributed by atoms with E-state index in [1.807, 2.05) is 0 Å². The summed E-state index contributed by atoms with van der Waals surface area (Å²) in [5.41, 5.74) is -0.617. The Morgan fingerprint density at radius 1 is 1.28 bits per heavy atom. The molecule has 1 amide bonds. The molecule has 1 heterocycles. The number of nitrogens with one attached hydrogen (secondary N) is 1. The number of hydrogen-bond donors (Lipinski definition) is 2. The average Bonchev–Trinajstić information content (AvgIpc) is 2.31. The van der Waals surface area contributed by atoms with Crippen LogP contribution in [-0.2, 0) is 14.6 Å². The lowest BCUT2D eigenvalue weighted by Gasteiger charge is -2.38. The third-order valence-corrected chi connectivity index (χ3v) is 5.80. The highest BCUT2D eigenvalue weighted by atomic mass is 32.2. The standard InChI is InChI=1S/C12H13NO4S/c14-9-4-1-3-8-10(9)18(16,17)7-12(5-2-6-12)11(15)13-8/h1,3-4,14H,2,5-7H2,(H,13,15). The molecular weight excluding hydrogens is 254 g/mol. The van der Waals surface area contributed by atoms with Gasteiger partial charge < -0.3 is 10.4 Å². The van der Waals surface area contributed by atoms with Gasteiger partial charge in [0.25, 0.3) is 0 Å². The maximum Gasteiger partial charge on any atom is 0.231 e. The lowest BCUT2D eigenvalue weighted by molar-refractivity contribution is -0.128. The monoisotopic (exact) mass is 267 g/mol. The molecule has 2 N–H and O–H groups in total. The third kappa shape index (κ3) is 1.45. The van der Waals surface area contributed by atoms with Crippen LogP contribution in [0.2, 0.25) is 0 Å². The van der Waals surface area contributed by atoms with Gasteiger partial charge in [-0.1, -0.05) is 12.5 Å². The van der Waals surface area contributed by atoms with Crippen molar-refractivity contribution in [2.45, 2.75) is 24.2 Å². The number of sulfone groups is 1. The molecule has 0 aromatic heterocycles. The molecule has 2 aliphatic rings. The van der Waals surface area contributed by atoms with Crippen LogP contribution in [0.25, 0.3) is 0 Å². The van der Waals surface area contributed by atoms with Crippen molar-refractivity contribution < 1.29 is 18.3 Å². The second-order valence-corrected chi connectivity index (χ2v) is 6.93. The summed E-state index contributed by atoms with van der Waals surface area (Å²) < 4.78 is 24.6. The first-order chi connectivity index (χ1) is 8.45. The van der Waals surface area contributed by atoms with Crippen molar-refractivity contribution in [3.63, 3.8) is 0 Å². The van der Waals surface area contributed by atoms with Crippen LogP contribution in [0.3, 0.4) is 0 Å². The number of benzene rings is 1. The molecule has 96 valence electrons. The molecule has 1 spiro atoms. The molecule has 1 saturated carbocycles. The molecule has 5 nitrogen and oxygen atoms in total. The number of carbonyl (C=O) groups excluding carboxylic acids is 1. The van der Waals surface area contributed by atoms with Crippen molar-refractivity contribution in [3.8, 4) is 5.75 Å². The molecule has 1 fully saturated rings. The Morgan fingerprint density at radius 2 is 2.00 bits per heavy atom. The van der Waals surface area contributed by atoms with Gasteiger partial charge in [0.1, 0.15) is 10.6 Å². The van der Waals surface area contributed by atoms with E-state index < -0.39 is 15.3 Å². The number of phenols is 1. The number of fused-ring (bicyclic) bond motifs is 1. The van der Waals surface area contributed by atoms with E-state index in [1.54, 1.807) is 0 Å². The highest BCUT2D eigenvalue weighted by molar-refractivity contribution is 7.91. The number of phenolic OH excluding ortho intramolecular Hbond substituents is 1. The number of amides is 1. The summed E-state index contributed by atoms with van der Waals surface area (Å²) in [6.07, 6.45) is 2.05. The Hall–Kier alpha value is -1.56. The summed E-state index contributed by atoms with van der Waals surface area (Å²) in [6, 6.07) is 4.34. The van der Waals surface area contributed by atoms with E-state index in [-0.39, 0.29) is 28.0 Å². The Bertz CT molecular complexity index is 631. The van der Waals surface area contributed by atoms with Crippen molar-refractivity contribution in [2.75, 3.05) is 11.1 Å². The van der Waals surface area contributed by atoms with Gasteiger partial charge in [-0.3, -0.25) is 4.79 Å². The van der Waals surface area contributed by atoms with Crippen molar-refractivity contribution in [2.24, 2.45) is 5.41 Å². The fraction of sp³-hybridized carbons (Fsp3) is 0.417. The van der Waals surface area contributed by atoms with Crippen molar-refractivity contribution in [1.82, 2.24) is 0 Å². The van der Waals surface area contributed by atoms with E-state index in [2.05, 4.69) is 5.32 Å². The molecule has 1 aliphatic heterocycles. The fourth-order valence-corrected chi connectivity index (χ4v) is 4.81. The summed E-state index contributed by atoms with van der Waals surface area (Å²) in [6.45, 7) is 0. The number of hydrogen-bond acceptors (Lipinski definition) is 4. The zero-order valence-corrected chi connectivity index (χ0v) is 10.5. The normalized spacial score (nSPS) is 23.7. The summed E-state index contributed by atoms with van der Waals surface area (Å²) in [5.74, 6) is -0.762. The Labute approximate surface area is 105 Å². The molecule has 0 unspecified atom stereocenters. The smallest absolute Gasteiger partial charge is 0.231 e. The van der Waals surface area contributed by atoms with Gasteiger partial charge in [-0.25, -0.2) is 8.42 Å². The van der Waals surface area contributed by atoms with Gasteiger partial charge in [0, 0.05) is 0 Å². The van der Waals surface area contributed by atoms with Crippen LogP contribution in [-0.4, -0.2) is 25.2 Å². The van der Waals surface area contributed by atoms with Crippen molar-refractivity contribution >= 4 is 21.4 Å². The SMILES string of the molecule is O=C1Nc2cccc(O)c2S(=O)(=O)CC12CCC2. The minimum absolute atomic E-state index is 0.151. The summed E-state index contributed by atoms with van der Waals surface area (Å²) in [4.78, 5) is 12.0. The van der Waals surface area contributed by atoms with Gasteiger partial charge in [0.05, 0.1) is 16.9 Å². The van der Waals surface area contributed by atoms with Crippen LogP contribution < -0.4 is 5.32 Å². The lowest BCUT2D eigenvalue weighted by atomic mass is 9.69. The van der Waals surface area contributed by atoms with Gasteiger partial charge in [-0.05, 0) is 25.0 Å². The summed E-state index contributed by atoms with van der Waals surface area (Å²) in [5, 5.41) is 12.4. The quantitative estimate of drug-likeness (QED) is 0.742. The maximum absolute atomic E-state index is 12.3. The predicted molar refractivity (Wildman–Crippen MR) is 65.1 cm³/mol. The van der Waals surface area contributed by atoms with Gasteiger partial charge in [-0.15, -0.1) is 0 Å². The fourth-order valence-electron chi connectivity index (χ4n) is 2.68. The molecule has 1 aromatic carbocycles.